The topological polar surface area (TPSA) is 86.6 Å². The van der Waals surface area contributed by atoms with Crippen molar-refractivity contribution < 1.29 is 14.9 Å². The number of benzene rings is 2. The molecule has 1 aliphatic rings. The predicted molar refractivity (Wildman–Crippen MR) is 99.5 cm³/mol. The lowest BCUT2D eigenvalue weighted by molar-refractivity contribution is 0.360. The van der Waals surface area contributed by atoms with E-state index in [1.54, 1.807) is 36.5 Å². The summed E-state index contributed by atoms with van der Waals surface area (Å²) < 4.78 is 5.82. The van der Waals surface area contributed by atoms with Gasteiger partial charge in [-0.25, -0.2) is 4.98 Å². The van der Waals surface area contributed by atoms with E-state index in [2.05, 4.69) is 15.8 Å². The maximum absolute atomic E-state index is 9.73. The second kappa shape index (κ2) is 6.68. The Labute approximate surface area is 150 Å². The fourth-order valence-corrected chi connectivity index (χ4v) is 2.82. The van der Waals surface area contributed by atoms with Crippen molar-refractivity contribution in [2.24, 2.45) is 0 Å². The highest BCUT2D eigenvalue weighted by Gasteiger charge is 2.22. The summed E-state index contributed by atoms with van der Waals surface area (Å²) >= 11 is 0. The molecule has 1 aromatic heterocycles. The lowest BCUT2D eigenvalue weighted by atomic mass is 9.97. The second-order valence-electron chi connectivity index (χ2n) is 5.83. The molecule has 0 aliphatic carbocycles. The highest BCUT2D eigenvalue weighted by atomic mass is 16.5. The lowest BCUT2D eigenvalue weighted by Crippen LogP contribution is -2.25. The van der Waals surface area contributed by atoms with Crippen LogP contribution in [-0.4, -0.2) is 21.8 Å². The molecule has 2 aromatic carbocycles. The van der Waals surface area contributed by atoms with Gasteiger partial charge in [-0.1, -0.05) is 18.2 Å². The van der Waals surface area contributed by atoms with Gasteiger partial charge in [0.15, 0.2) is 0 Å². The molecule has 0 atom stereocenters. The molecule has 4 N–H and O–H groups in total. The first-order valence-electron chi connectivity index (χ1n) is 8.12. The highest BCUT2D eigenvalue weighted by molar-refractivity contribution is 5.94. The van der Waals surface area contributed by atoms with Gasteiger partial charge >= 0.3 is 0 Å². The minimum atomic E-state index is 0.147. The van der Waals surface area contributed by atoms with Gasteiger partial charge in [-0.3, -0.25) is 10.9 Å². The third kappa shape index (κ3) is 3.12. The first kappa shape index (κ1) is 15.8. The zero-order chi connectivity index (χ0) is 17.9. The number of phenols is 2. The van der Waals surface area contributed by atoms with Crippen LogP contribution in [0.4, 0.5) is 5.82 Å². The average molecular weight is 347 g/mol. The Kier molecular flexibility index (Phi) is 4.07. The minimum Gasteiger partial charge on any atom is -0.508 e. The SMILES string of the molecule is Oc1ccc(C2=C(NNc3ccccn3)c3ccc(O)cc3OC2)cc1. The van der Waals surface area contributed by atoms with Crippen molar-refractivity contribution in [1.29, 1.82) is 0 Å². The lowest BCUT2D eigenvalue weighted by Gasteiger charge is -2.25. The van der Waals surface area contributed by atoms with Crippen molar-refractivity contribution in [3.05, 3.63) is 78.0 Å². The number of phenolic OH excluding ortho intramolecular Hbond substituents is 2. The van der Waals surface area contributed by atoms with Crippen LogP contribution in [0.15, 0.2) is 66.9 Å². The Morgan fingerprint density at radius 2 is 1.69 bits per heavy atom. The van der Waals surface area contributed by atoms with E-state index in [0.717, 1.165) is 22.4 Å². The number of aromatic nitrogens is 1. The first-order chi connectivity index (χ1) is 12.7. The Bertz CT molecular complexity index is 954. The molecular formula is C20H17N3O3. The average Bonchev–Trinajstić information content (AvgIpc) is 2.67. The van der Waals surface area contributed by atoms with Gasteiger partial charge in [-0.2, -0.15) is 0 Å². The largest absolute Gasteiger partial charge is 0.508 e. The van der Waals surface area contributed by atoms with E-state index >= 15 is 0 Å². The van der Waals surface area contributed by atoms with Gasteiger partial charge in [0.2, 0.25) is 0 Å². The van der Waals surface area contributed by atoms with Crippen LogP contribution in [0.3, 0.4) is 0 Å². The number of hydrogen-bond donors (Lipinski definition) is 4. The molecule has 0 radical (unpaired) electrons. The summed E-state index contributed by atoms with van der Waals surface area (Å²) in [6.07, 6.45) is 1.70. The van der Waals surface area contributed by atoms with E-state index in [1.807, 2.05) is 30.3 Å². The number of fused-ring (bicyclic) bond motifs is 1. The molecule has 0 unspecified atom stereocenters. The van der Waals surface area contributed by atoms with Crippen LogP contribution in [0.2, 0.25) is 0 Å². The van der Waals surface area contributed by atoms with Gasteiger partial charge in [0, 0.05) is 23.4 Å². The van der Waals surface area contributed by atoms with Crippen LogP contribution in [0, 0.1) is 0 Å². The van der Waals surface area contributed by atoms with Crippen LogP contribution in [0.1, 0.15) is 11.1 Å². The number of anilines is 1. The Balaban J connectivity index is 1.76. The summed E-state index contributed by atoms with van der Waals surface area (Å²) in [5.74, 6) is 1.63. The number of hydrazine groups is 1. The van der Waals surface area contributed by atoms with Crippen molar-refractivity contribution in [3.8, 4) is 17.2 Å². The smallest absolute Gasteiger partial charge is 0.144 e. The third-order valence-corrected chi connectivity index (χ3v) is 4.10. The standard InChI is InChI=1S/C20H17N3O3/c24-14-6-4-13(5-7-14)17-12-26-18-11-15(25)8-9-16(18)20(17)23-22-19-3-1-2-10-21-19/h1-11,23-25H,12H2,(H,21,22). The molecule has 3 aromatic rings. The van der Waals surface area contributed by atoms with Gasteiger partial charge in [0.25, 0.3) is 0 Å². The molecule has 0 fully saturated rings. The zero-order valence-corrected chi connectivity index (χ0v) is 13.8. The number of nitrogens with zero attached hydrogens (tertiary/aromatic N) is 1. The van der Waals surface area contributed by atoms with E-state index < -0.39 is 0 Å². The van der Waals surface area contributed by atoms with Gasteiger partial charge in [-0.05, 0) is 42.0 Å². The van der Waals surface area contributed by atoms with Crippen molar-refractivity contribution in [2.45, 2.75) is 0 Å². The molecule has 0 bridgehead atoms. The van der Waals surface area contributed by atoms with E-state index in [9.17, 15) is 10.2 Å². The minimum absolute atomic E-state index is 0.147. The van der Waals surface area contributed by atoms with Gasteiger partial charge in [-0.15, -0.1) is 0 Å². The number of aromatic hydroxyl groups is 2. The van der Waals surface area contributed by atoms with Crippen LogP contribution in [-0.2, 0) is 0 Å². The van der Waals surface area contributed by atoms with E-state index in [-0.39, 0.29) is 11.5 Å². The molecule has 6 nitrogen and oxygen atoms in total. The number of pyridine rings is 1. The number of nitrogens with one attached hydrogen (secondary N) is 2. The summed E-state index contributed by atoms with van der Waals surface area (Å²) in [6, 6.07) is 17.5. The predicted octanol–water partition coefficient (Wildman–Crippen LogP) is 3.37. The molecular weight excluding hydrogens is 330 g/mol. The van der Waals surface area contributed by atoms with E-state index in [1.165, 1.54) is 0 Å². The number of ether oxygens (including phenoxy) is 1. The Hall–Kier alpha value is -3.67. The molecule has 130 valence electrons. The molecule has 0 spiro atoms. The van der Waals surface area contributed by atoms with E-state index in [4.69, 9.17) is 4.74 Å². The molecule has 1 aliphatic heterocycles. The third-order valence-electron chi connectivity index (χ3n) is 4.10. The van der Waals surface area contributed by atoms with Crippen LogP contribution < -0.4 is 15.6 Å². The van der Waals surface area contributed by atoms with Gasteiger partial charge in [0.1, 0.15) is 29.7 Å². The fraction of sp³-hybridized carbons (Fsp3) is 0.0500. The highest BCUT2D eigenvalue weighted by Crippen LogP contribution is 2.37. The second-order valence-corrected chi connectivity index (χ2v) is 5.83. The zero-order valence-electron chi connectivity index (χ0n) is 13.8. The Morgan fingerprint density at radius 3 is 2.46 bits per heavy atom. The van der Waals surface area contributed by atoms with Gasteiger partial charge < -0.3 is 14.9 Å². The van der Waals surface area contributed by atoms with Gasteiger partial charge in [0.05, 0.1) is 5.70 Å². The molecule has 0 saturated heterocycles. The Morgan fingerprint density at radius 1 is 0.885 bits per heavy atom. The van der Waals surface area contributed by atoms with E-state index in [0.29, 0.717) is 18.2 Å². The van der Waals surface area contributed by atoms with Crippen LogP contribution >= 0.6 is 0 Å². The quantitative estimate of drug-likeness (QED) is 0.542. The molecule has 6 heteroatoms. The van der Waals surface area contributed by atoms with Crippen molar-refractivity contribution in [2.75, 3.05) is 12.0 Å². The first-order valence-corrected chi connectivity index (χ1v) is 8.12. The van der Waals surface area contributed by atoms with Crippen molar-refractivity contribution in [1.82, 2.24) is 10.4 Å². The van der Waals surface area contributed by atoms with Crippen LogP contribution in [0.25, 0.3) is 11.3 Å². The monoisotopic (exact) mass is 347 g/mol. The molecule has 2 heterocycles. The summed E-state index contributed by atoms with van der Waals surface area (Å²) in [5, 5.41) is 19.3. The molecule has 0 amide bonds. The maximum Gasteiger partial charge on any atom is 0.144 e. The summed E-state index contributed by atoms with van der Waals surface area (Å²) in [6.45, 7) is 0.327. The maximum atomic E-state index is 9.73. The summed E-state index contributed by atoms with van der Waals surface area (Å²) in [4.78, 5) is 4.24. The normalized spacial score (nSPS) is 12.9. The number of rotatable bonds is 4. The molecule has 0 saturated carbocycles. The fourth-order valence-electron chi connectivity index (χ4n) is 2.82. The van der Waals surface area contributed by atoms with Crippen molar-refractivity contribution >= 4 is 17.1 Å². The molecule has 26 heavy (non-hydrogen) atoms. The molecule has 4 rings (SSSR count). The number of hydrogen-bond acceptors (Lipinski definition) is 6. The summed E-state index contributed by atoms with van der Waals surface area (Å²) in [5.41, 5.74) is 9.80. The summed E-state index contributed by atoms with van der Waals surface area (Å²) in [7, 11) is 0. The van der Waals surface area contributed by atoms with Crippen LogP contribution in [0.5, 0.6) is 17.2 Å². The van der Waals surface area contributed by atoms with Crippen molar-refractivity contribution in [3.63, 3.8) is 0 Å².